The Balaban J connectivity index is 2.29. The number of benzene rings is 1. The van der Waals surface area contributed by atoms with Crippen LogP contribution in [0.5, 0.6) is 0 Å². The van der Waals surface area contributed by atoms with Crippen molar-refractivity contribution in [2.45, 2.75) is 44.2 Å². The molecule has 1 aromatic rings. The van der Waals surface area contributed by atoms with Crippen molar-refractivity contribution in [3.05, 3.63) is 24.3 Å². The molecule has 2 unspecified atom stereocenters. The molecule has 0 radical (unpaired) electrons. The van der Waals surface area contributed by atoms with E-state index in [9.17, 15) is 9.59 Å². The third kappa shape index (κ3) is 3.40. The number of amides is 2. The number of nitrogens with one attached hydrogen (secondary N) is 1. The Kier molecular flexibility index (Phi) is 4.93. The highest BCUT2D eigenvalue weighted by atomic mass is 32.2. The van der Waals surface area contributed by atoms with Crippen molar-refractivity contribution < 1.29 is 9.59 Å². The van der Waals surface area contributed by atoms with Gasteiger partial charge in [-0.25, -0.2) is 0 Å². The minimum absolute atomic E-state index is 0.0206. The maximum atomic E-state index is 12.7. The number of thioether (sulfide) groups is 1. The second kappa shape index (κ2) is 6.52. The lowest BCUT2D eigenvalue weighted by Gasteiger charge is -2.38. The van der Waals surface area contributed by atoms with Crippen molar-refractivity contribution in [2.24, 2.45) is 5.92 Å². The first-order valence-corrected chi connectivity index (χ1v) is 8.44. The number of nitrogens with zero attached hydrogens (tertiary/aromatic N) is 1. The molecule has 1 aliphatic rings. The SMILES string of the molecule is CSc1ccc(N2C(=O)C(CC(C)C)NC(=O)C2C)cc1. The molecule has 1 aliphatic heterocycles. The number of rotatable bonds is 4. The molecule has 1 N–H and O–H groups in total. The predicted molar refractivity (Wildman–Crippen MR) is 86.6 cm³/mol. The summed E-state index contributed by atoms with van der Waals surface area (Å²) in [6, 6.07) is 6.87. The van der Waals surface area contributed by atoms with Crippen LogP contribution in [0, 0.1) is 5.92 Å². The minimum atomic E-state index is -0.471. The predicted octanol–water partition coefficient (Wildman–Crippen LogP) is 2.67. The van der Waals surface area contributed by atoms with Gasteiger partial charge in [0.1, 0.15) is 12.1 Å². The molecule has 1 fully saturated rings. The molecule has 2 atom stereocenters. The Labute approximate surface area is 130 Å². The van der Waals surface area contributed by atoms with Gasteiger partial charge in [0, 0.05) is 10.6 Å². The second-order valence-corrected chi connectivity index (χ2v) is 6.65. The summed E-state index contributed by atoms with van der Waals surface area (Å²) in [5, 5.41) is 2.84. The molecule has 0 saturated carbocycles. The lowest BCUT2D eigenvalue weighted by Crippen LogP contribution is -2.63. The van der Waals surface area contributed by atoms with Gasteiger partial charge < -0.3 is 5.32 Å². The molecule has 0 spiro atoms. The summed E-state index contributed by atoms with van der Waals surface area (Å²) in [4.78, 5) is 27.6. The highest BCUT2D eigenvalue weighted by Gasteiger charge is 2.38. The fourth-order valence-corrected chi connectivity index (χ4v) is 2.96. The van der Waals surface area contributed by atoms with Gasteiger partial charge in [0.15, 0.2) is 0 Å². The van der Waals surface area contributed by atoms with Crippen LogP contribution >= 0.6 is 11.8 Å². The average molecular weight is 306 g/mol. The maximum absolute atomic E-state index is 12.7. The summed E-state index contributed by atoms with van der Waals surface area (Å²) in [6.45, 7) is 5.87. The summed E-state index contributed by atoms with van der Waals surface area (Å²) >= 11 is 1.65. The van der Waals surface area contributed by atoms with Crippen LogP contribution < -0.4 is 10.2 Å². The quantitative estimate of drug-likeness (QED) is 0.870. The molecule has 0 aromatic heterocycles. The molecule has 0 aliphatic carbocycles. The topological polar surface area (TPSA) is 49.4 Å². The van der Waals surface area contributed by atoms with E-state index in [1.165, 1.54) is 0 Å². The number of hydrogen-bond acceptors (Lipinski definition) is 3. The van der Waals surface area contributed by atoms with Crippen LogP contribution in [0.3, 0.4) is 0 Å². The Morgan fingerprint density at radius 1 is 1.24 bits per heavy atom. The Morgan fingerprint density at radius 3 is 2.38 bits per heavy atom. The smallest absolute Gasteiger partial charge is 0.250 e. The fourth-order valence-electron chi connectivity index (χ4n) is 2.55. The molecular formula is C16H22N2O2S. The van der Waals surface area contributed by atoms with Gasteiger partial charge in [-0.1, -0.05) is 13.8 Å². The van der Waals surface area contributed by atoms with Gasteiger partial charge in [0.2, 0.25) is 11.8 Å². The standard InChI is InChI=1S/C16H22N2O2S/c1-10(2)9-14-16(20)18(11(3)15(19)17-14)12-5-7-13(21-4)8-6-12/h5-8,10-11,14H,9H2,1-4H3,(H,17,19). The monoisotopic (exact) mass is 306 g/mol. The first kappa shape index (κ1) is 15.9. The molecule has 2 amide bonds. The summed E-state index contributed by atoms with van der Waals surface area (Å²) in [5.41, 5.74) is 0.786. The van der Waals surface area contributed by atoms with Crippen molar-refractivity contribution in [1.29, 1.82) is 0 Å². The Morgan fingerprint density at radius 2 is 1.86 bits per heavy atom. The third-order valence-electron chi connectivity index (χ3n) is 3.68. The first-order chi connectivity index (χ1) is 9.93. The van der Waals surface area contributed by atoms with E-state index in [0.717, 1.165) is 10.6 Å². The van der Waals surface area contributed by atoms with Crippen LogP contribution in [-0.4, -0.2) is 30.2 Å². The van der Waals surface area contributed by atoms with E-state index in [0.29, 0.717) is 12.3 Å². The van der Waals surface area contributed by atoms with Gasteiger partial charge in [0.25, 0.3) is 0 Å². The molecule has 1 aromatic carbocycles. The van der Waals surface area contributed by atoms with E-state index in [1.807, 2.05) is 30.5 Å². The van der Waals surface area contributed by atoms with Crippen LogP contribution in [0.25, 0.3) is 0 Å². The molecule has 5 heteroatoms. The van der Waals surface area contributed by atoms with Gasteiger partial charge in [-0.2, -0.15) is 0 Å². The van der Waals surface area contributed by atoms with Crippen molar-refractivity contribution in [2.75, 3.05) is 11.2 Å². The number of piperazine rings is 1. The normalized spacial score (nSPS) is 22.6. The maximum Gasteiger partial charge on any atom is 0.250 e. The van der Waals surface area contributed by atoms with Gasteiger partial charge in [0.05, 0.1) is 0 Å². The summed E-state index contributed by atoms with van der Waals surface area (Å²) in [6.07, 6.45) is 2.67. The third-order valence-corrected chi connectivity index (χ3v) is 4.42. The van der Waals surface area contributed by atoms with Crippen LogP contribution in [-0.2, 0) is 9.59 Å². The number of carbonyl (C=O) groups excluding carboxylic acids is 2. The molecule has 1 saturated heterocycles. The number of hydrogen-bond donors (Lipinski definition) is 1. The molecule has 2 rings (SSSR count). The highest BCUT2D eigenvalue weighted by molar-refractivity contribution is 7.98. The minimum Gasteiger partial charge on any atom is -0.342 e. The zero-order chi connectivity index (χ0) is 15.6. The van der Waals surface area contributed by atoms with Crippen molar-refractivity contribution in [3.8, 4) is 0 Å². The van der Waals surface area contributed by atoms with Crippen molar-refractivity contribution >= 4 is 29.3 Å². The summed E-state index contributed by atoms with van der Waals surface area (Å²) in [7, 11) is 0. The van der Waals surface area contributed by atoms with Crippen molar-refractivity contribution in [3.63, 3.8) is 0 Å². The largest absolute Gasteiger partial charge is 0.342 e. The molecule has 0 bridgehead atoms. The summed E-state index contributed by atoms with van der Waals surface area (Å²) < 4.78 is 0. The average Bonchev–Trinajstić information content (AvgIpc) is 2.45. The van der Waals surface area contributed by atoms with E-state index >= 15 is 0 Å². The van der Waals surface area contributed by atoms with Crippen LogP contribution in [0.2, 0.25) is 0 Å². The second-order valence-electron chi connectivity index (χ2n) is 5.77. The van der Waals surface area contributed by atoms with E-state index < -0.39 is 12.1 Å². The lowest BCUT2D eigenvalue weighted by atomic mass is 9.98. The van der Waals surface area contributed by atoms with Gasteiger partial charge in [-0.05, 0) is 49.8 Å². The fraction of sp³-hybridized carbons (Fsp3) is 0.500. The van der Waals surface area contributed by atoms with Crippen LogP contribution in [0.15, 0.2) is 29.2 Å². The molecular weight excluding hydrogens is 284 g/mol. The molecule has 21 heavy (non-hydrogen) atoms. The van der Waals surface area contributed by atoms with E-state index in [1.54, 1.807) is 23.6 Å². The zero-order valence-electron chi connectivity index (χ0n) is 12.9. The van der Waals surface area contributed by atoms with E-state index in [-0.39, 0.29) is 11.8 Å². The highest BCUT2D eigenvalue weighted by Crippen LogP contribution is 2.25. The Bertz CT molecular complexity index is 528. The molecule has 1 heterocycles. The summed E-state index contributed by atoms with van der Waals surface area (Å²) in [5.74, 6) is 0.246. The number of anilines is 1. The van der Waals surface area contributed by atoms with Gasteiger partial charge >= 0.3 is 0 Å². The zero-order valence-corrected chi connectivity index (χ0v) is 13.7. The lowest BCUT2D eigenvalue weighted by molar-refractivity contribution is -0.133. The van der Waals surface area contributed by atoms with Crippen molar-refractivity contribution in [1.82, 2.24) is 5.32 Å². The van der Waals surface area contributed by atoms with Crippen LogP contribution in [0.4, 0.5) is 5.69 Å². The van der Waals surface area contributed by atoms with Crippen LogP contribution in [0.1, 0.15) is 27.2 Å². The first-order valence-electron chi connectivity index (χ1n) is 7.21. The van der Waals surface area contributed by atoms with Gasteiger partial charge in [-0.3, -0.25) is 14.5 Å². The van der Waals surface area contributed by atoms with E-state index in [2.05, 4.69) is 19.2 Å². The van der Waals surface area contributed by atoms with E-state index in [4.69, 9.17) is 0 Å². The Hall–Kier alpha value is -1.49. The number of carbonyl (C=O) groups is 2. The molecule has 114 valence electrons. The molecule has 4 nitrogen and oxygen atoms in total. The van der Waals surface area contributed by atoms with Gasteiger partial charge in [-0.15, -0.1) is 11.8 Å².